The molecule has 62 valence electrons. The third-order valence-electron chi connectivity index (χ3n) is 1.75. The lowest BCUT2D eigenvalue weighted by molar-refractivity contribution is 0.430. The molecule has 11 heavy (non-hydrogen) atoms. The van der Waals surface area contributed by atoms with Crippen LogP contribution in [-0.4, -0.2) is 16.6 Å². The minimum atomic E-state index is 0.203. The van der Waals surface area contributed by atoms with Gasteiger partial charge in [-0.3, -0.25) is 4.99 Å². The first-order valence-corrected chi connectivity index (χ1v) is 4.55. The van der Waals surface area contributed by atoms with Gasteiger partial charge in [0.25, 0.3) is 0 Å². The van der Waals surface area contributed by atoms with Crippen molar-refractivity contribution in [3.05, 3.63) is 12.2 Å². The number of aliphatic imine (C=N–C) groups is 1. The van der Waals surface area contributed by atoms with E-state index in [0.29, 0.717) is 5.17 Å². The van der Waals surface area contributed by atoms with Gasteiger partial charge in [0.05, 0.1) is 11.4 Å². The van der Waals surface area contributed by atoms with Crippen LogP contribution < -0.4 is 0 Å². The van der Waals surface area contributed by atoms with Crippen molar-refractivity contribution in [3.63, 3.8) is 0 Å². The fourth-order valence-electron chi connectivity index (χ4n) is 0.926. The number of rotatable bonds is 2. The molecule has 0 bridgehead atoms. The van der Waals surface area contributed by atoms with E-state index in [4.69, 9.17) is 23.2 Å². The SMILES string of the molecule is C/C=C\C(Cl)=N/[C@@H]1CCC1Cl. The zero-order chi connectivity index (χ0) is 8.27. The minimum absolute atomic E-state index is 0.203. The van der Waals surface area contributed by atoms with Crippen LogP contribution in [0.1, 0.15) is 19.8 Å². The molecule has 0 amide bonds. The maximum Gasteiger partial charge on any atom is 0.123 e. The summed E-state index contributed by atoms with van der Waals surface area (Å²) in [4.78, 5) is 4.22. The number of nitrogens with zero attached hydrogens (tertiary/aromatic N) is 1. The molecule has 0 aromatic heterocycles. The molecule has 1 unspecified atom stereocenters. The van der Waals surface area contributed by atoms with Gasteiger partial charge in [0.15, 0.2) is 0 Å². The molecular formula is C8H11Cl2N. The van der Waals surface area contributed by atoms with Crippen molar-refractivity contribution in [3.8, 4) is 0 Å². The van der Waals surface area contributed by atoms with Crippen LogP contribution in [0.4, 0.5) is 0 Å². The second kappa shape index (κ2) is 4.13. The molecule has 1 rings (SSSR count). The highest BCUT2D eigenvalue weighted by Gasteiger charge is 2.28. The van der Waals surface area contributed by atoms with Gasteiger partial charge in [0, 0.05) is 0 Å². The zero-order valence-corrected chi connectivity index (χ0v) is 7.94. The predicted molar refractivity (Wildman–Crippen MR) is 50.8 cm³/mol. The Balaban J connectivity index is 2.43. The monoisotopic (exact) mass is 191 g/mol. The number of hydrogen-bond acceptors (Lipinski definition) is 1. The molecule has 3 heteroatoms. The lowest BCUT2D eigenvalue weighted by atomic mass is 9.93. The zero-order valence-electron chi connectivity index (χ0n) is 6.43. The van der Waals surface area contributed by atoms with Gasteiger partial charge in [0.2, 0.25) is 0 Å². The normalized spacial score (nSPS) is 32.5. The molecule has 0 aliphatic heterocycles. The fraction of sp³-hybridized carbons (Fsp3) is 0.625. The van der Waals surface area contributed by atoms with Gasteiger partial charge in [-0.15, -0.1) is 11.6 Å². The van der Waals surface area contributed by atoms with Gasteiger partial charge in [-0.1, -0.05) is 17.7 Å². The molecular weight excluding hydrogens is 181 g/mol. The highest BCUT2D eigenvalue weighted by Crippen LogP contribution is 2.28. The van der Waals surface area contributed by atoms with Crippen LogP contribution in [-0.2, 0) is 0 Å². The van der Waals surface area contributed by atoms with Gasteiger partial charge >= 0.3 is 0 Å². The van der Waals surface area contributed by atoms with E-state index < -0.39 is 0 Å². The van der Waals surface area contributed by atoms with Gasteiger partial charge in [-0.2, -0.15) is 0 Å². The van der Waals surface area contributed by atoms with Crippen LogP contribution in [0, 0.1) is 0 Å². The first-order chi connectivity index (χ1) is 5.24. The molecule has 0 aromatic carbocycles. The quantitative estimate of drug-likeness (QED) is 0.471. The van der Waals surface area contributed by atoms with Crippen molar-refractivity contribution in [1.29, 1.82) is 0 Å². The van der Waals surface area contributed by atoms with Crippen LogP contribution in [0.5, 0.6) is 0 Å². The molecule has 0 aromatic rings. The van der Waals surface area contributed by atoms with E-state index >= 15 is 0 Å². The summed E-state index contributed by atoms with van der Waals surface area (Å²) >= 11 is 11.6. The molecule has 0 radical (unpaired) electrons. The molecule has 0 N–H and O–H groups in total. The summed E-state index contributed by atoms with van der Waals surface area (Å²) in [7, 11) is 0. The molecule has 1 nitrogen and oxygen atoms in total. The molecule has 0 spiro atoms. The van der Waals surface area contributed by atoms with Gasteiger partial charge < -0.3 is 0 Å². The Morgan fingerprint density at radius 1 is 1.55 bits per heavy atom. The second-order valence-corrected chi connectivity index (χ2v) is 3.56. The van der Waals surface area contributed by atoms with Crippen molar-refractivity contribution in [1.82, 2.24) is 0 Å². The topological polar surface area (TPSA) is 12.4 Å². The summed E-state index contributed by atoms with van der Waals surface area (Å²) in [5.74, 6) is 0. The number of hydrogen-bond donors (Lipinski definition) is 0. The summed E-state index contributed by atoms with van der Waals surface area (Å²) in [6.45, 7) is 1.91. The first kappa shape index (κ1) is 9.08. The van der Waals surface area contributed by atoms with Gasteiger partial charge in [-0.25, -0.2) is 0 Å². The van der Waals surface area contributed by atoms with E-state index in [1.54, 1.807) is 6.08 Å². The maximum absolute atomic E-state index is 5.87. The average Bonchev–Trinajstić information content (AvgIpc) is 1.98. The first-order valence-electron chi connectivity index (χ1n) is 3.74. The lowest BCUT2D eigenvalue weighted by Gasteiger charge is -2.27. The fourth-order valence-corrected chi connectivity index (χ4v) is 1.49. The van der Waals surface area contributed by atoms with E-state index in [1.807, 2.05) is 13.0 Å². The van der Waals surface area contributed by atoms with Crippen LogP contribution >= 0.6 is 23.2 Å². The Morgan fingerprint density at radius 2 is 2.27 bits per heavy atom. The van der Waals surface area contributed by atoms with Crippen molar-refractivity contribution in [2.75, 3.05) is 0 Å². The third-order valence-corrected chi connectivity index (χ3v) is 2.48. The second-order valence-electron chi connectivity index (χ2n) is 2.61. The van der Waals surface area contributed by atoms with Crippen LogP contribution in [0.15, 0.2) is 17.1 Å². The van der Waals surface area contributed by atoms with Gasteiger partial charge in [-0.05, 0) is 25.8 Å². The van der Waals surface area contributed by atoms with Crippen LogP contribution in [0.25, 0.3) is 0 Å². The summed E-state index contributed by atoms with van der Waals surface area (Å²) < 4.78 is 0. The lowest BCUT2D eigenvalue weighted by Crippen LogP contribution is -2.30. The Labute approximate surface area is 77.1 Å². The highest BCUT2D eigenvalue weighted by atomic mass is 35.5. The number of halogens is 2. The summed E-state index contributed by atoms with van der Waals surface area (Å²) in [5, 5.41) is 0.761. The maximum atomic E-state index is 5.87. The molecule has 1 fully saturated rings. The van der Waals surface area contributed by atoms with Crippen molar-refractivity contribution >= 4 is 28.4 Å². The molecule has 0 saturated heterocycles. The Hall–Kier alpha value is -0.0100. The summed E-state index contributed by atoms with van der Waals surface area (Å²) in [5.41, 5.74) is 0. The molecule has 0 heterocycles. The standard InChI is InChI=1S/C8H11Cl2N/c1-2-3-8(10)11-7-5-4-6(7)9/h2-3,6-7H,4-5H2,1H3/b3-2-,11-8+/t6?,7-/m1/s1. The molecule has 1 aliphatic carbocycles. The number of alkyl halides is 1. The largest absolute Gasteiger partial charge is 0.268 e. The van der Waals surface area contributed by atoms with E-state index in [2.05, 4.69) is 4.99 Å². The molecule has 2 atom stereocenters. The number of allylic oxidation sites excluding steroid dienone is 2. The highest BCUT2D eigenvalue weighted by molar-refractivity contribution is 6.68. The van der Waals surface area contributed by atoms with Crippen molar-refractivity contribution in [2.45, 2.75) is 31.2 Å². The Kier molecular flexibility index (Phi) is 3.41. The average molecular weight is 192 g/mol. The Morgan fingerprint density at radius 3 is 2.64 bits per heavy atom. The molecule has 1 aliphatic rings. The van der Waals surface area contributed by atoms with E-state index in [0.717, 1.165) is 12.8 Å². The Bertz CT molecular complexity index is 187. The van der Waals surface area contributed by atoms with Crippen molar-refractivity contribution in [2.24, 2.45) is 4.99 Å². The van der Waals surface area contributed by atoms with E-state index in [1.165, 1.54) is 0 Å². The van der Waals surface area contributed by atoms with Crippen LogP contribution in [0.3, 0.4) is 0 Å². The van der Waals surface area contributed by atoms with Gasteiger partial charge in [0.1, 0.15) is 5.17 Å². The predicted octanol–water partition coefficient (Wildman–Crippen LogP) is 2.97. The summed E-state index contributed by atoms with van der Waals surface area (Å²) in [6, 6.07) is 0.250. The third kappa shape index (κ3) is 2.49. The van der Waals surface area contributed by atoms with E-state index in [9.17, 15) is 0 Å². The van der Waals surface area contributed by atoms with Crippen LogP contribution in [0.2, 0.25) is 0 Å². The summed E-state index contributed by atoms with van der Waals surface area (Å²) in [6.07, 6.45) is 5.79. The van der Waals surface area contributed by atoms with E-state index in [-0.39, 0.29) is 11.4 Å². The molecule has 1 saturated carbocycles. The van der Waals surface area contributed by atoms with Crippen molar-refractivity contribution < 1.29 is 0 Å². The smallest absolute Gasteiger partial charge is 0.123 e. The minimum Gasteiger partial charge on any atom is -0.268 e.